The lowest BCUT2D eigenvalue weighted by Gasteiger charge is -2.29. The van der Waals surface area contributed by atoms with Crippen molar-refractivity contribution < 1.29 is 14.3 Å². The molecule has 0 fully saturated rings. The Morgan fingerprint density at radius 3 is 2.67 bits per heavy atom. The summed E-state index contributed by atoms with van der Waals surface area (Å²) >= 11 is 6.09. The summed E-state index contributed by atoms with van der Waals surface area (Å²) in [7, 11) is 1.52. The Kier molecular flexibility index (Phi) is 5.33. The fourth-order valence-electron chi connectivity index (χ4n) is 3.70. The molecule has 3 aromatic rings. The number of benzene rings is 3. The van der Waals surface area contributed by atoms with Crippen LogP contribution in [0.3, 0.4) is 0 Å². The first-order valence-corrected chi connectivity index (χ1v) is 9.76. The maximum absolute atomic E-state index is 13.3. The number of anilines is 1. The van der Waals surface area contributed by atoms with Gasteiger partial charge < -0.3 is 20.7 Å². The quantitative estimate of drug-likeness (QED) is 0.567. The van der Waals surface area contributed by atoms with E-state index >= 15 is 0 Å². The van der Waals surface area contributed by atoms with Crippen LogP contribution in [0.15, 0.2) is 71.9 Å². The average molecular weight is 422 g/mol. The molecule has 3 N–H and O–H groups in total. The van der Waals surface area contributed by atoms with Crippen LogP contribution in [0.25, 0.3) is 10.8 Å². The largest absolute Gasteiger partial charge is 0.495 e. The minimum absolute atomic E-state index is 0.359. The number of ether oxygens (including phenoxy) is 1. The lowest BCUT2D eigenvalue weighted by atomic mass is 9.91. The Morgan fingerprint density at radius 1 is 1.10 bits per heavy atom. The molecule has 1 atom stereocenters. The van der Waals surface area contributed by atoms with Gasteiger partial charge in [0.25, 0.3) is 5.91 Å². The van der Waals surface area contributed by atoms with E-state index in [2.05, 4.69) is 16.0 Å². The van der Waals surface area contributed by atoms with Crippen LogP contribution in [-0.4, -0.2) is 19.0 Å². The van der Waals surface area contributed by atoms with Gasteiger partial charge in [-0.2, -0.15) is 0 Å². The van der Waals surface area contributed by atoms with Crippen molar-refractivity contribution in [3.63, 3.8) is 0 Å². The molecular weight excluding hydrogens is 402 g/mol. The molecule has 0 unspecified atom stereocenters. The van der Waals surface area contributed by atoms with Crippen LogP contribution in [0.1, 0.15) is 18.5 Å². The number of carbonyl (C=O) groups excluding carboxylic acids is 2. The van der Waals surface area contributed by atoms with Gasteiger partial charge in [0.1, 0.15) is 5.75 Å². The summed E-state index contributed by atoms with van der Waals surface area (Å²) in [5, 5.41) is 10.9. The molecule has 30 heavy (non-hydrogen) atoms. The minimum Gasteiger partial charge on any atom is -0.495 e. The van der Waals surface area contributed by atoms with Crippen molar-refractivity contribution in [3.05, 3.63) is 82.5 Å². The summed E-state index contributed by atoms with van der Waals surface area (Å²) in [6, 6.07) is 17.7. The summed E-state index contributed by atoms with van der Waals surface area (Å²) in [6.45, 7) is 1.71. The summed E-state index contributed by atoms with van der Waals surface area (Å²) < 4.78 is 5.33. The highest BCUT2D eigenvalue weighted by molar-refractivity contribution is 6.31. The molecule has 0 bridgehead atoms. The number of methoxy groups -OCH3 is 1. The zero-order valence-electron chi connectivity index (χ0n) is 16.5. The van der Waals surface area contributed by atoms with Gasteiger partial charge in [-0.25, -0.2) is 4.79 Å². The number of amides is 3. The van der Waals surface area contributed by atoms with Crippen molar-refractivity contribution in [1.29, 1.82) is 0 Å². The average Bonchev–Trinajstić information content (AvgIpc) is 2.73. The molecule has 4 rings (SSSR count). The van der Waals surface area contributed by atoms with Crippen molar-refractivity contribution in [3.8, 4) is 5.75 Å². The van der Waals surface area contributed by atoms with E-state index < -0.39 is 6.04 Å². The number of halogens is 1. The van der Waals surface area contributed by atoms with Crippen LogP contribution >= 0.6 is 11.6 Å². The third kappa shape index (κ3) is 3.69. The fourth-order valence-corrected chi connectivity index (χ4v) is 3.87. The zero-order valence-corrected chi connectivity index (χ0v) is 17.2. The number of nitrogens with one attached hydrogen (secondary N) is 3. The summed E-state index contributed by atoms with van der Waals surface area (Å²) in [6.07, 6.45) is 0. The number of hydrogen-bond donors (Lipinski definition) is 3. The SMILES string of the molecule is COc1ccc(Cl)cc1NC(=O)C1=C(C)NC(=O)N[C@@H]1c1cccc2ccccc12. The Labute approximate surface area is 178 Å². The van der Waals surface area contributed by atoms with Gasteiger partial charge >= 0.3 is 6.03 Å². The van der Waals surface area contributed by atoms with E-state index in [1.807, 2.05) is 42.5 Å². The van der Waals surface area contributed by atoms with Gasteiger partial charge in [0.2, 0.25) is 0 Å². The minimum atomic E-state index is -0.616. The van der Waals surface area contributed by atoms with Crippen molar-refractivity contribution in [1.82, 2.24) is 10.6 Å². The van der Waals surface area contributed by atoms with Gasteiger partial charge in [0.15, 0.2) is 0 Å². The number of fused-ring (bicyclic) bond motifs is 1. The molecule has 1 aliphatic rings. The maximum Gasteiger partial charge on any atom is 0.319 e. The highest BCUT2D eigenvalue weighted by Gasteiger charge is 2.32. The van der Waals surface area contributed by atoms with E-state index in [0.29, 0.717) is 27.7 Å². The van der Waals surface area contributed by atoms with Gasteiger partial charge in [0, 0.05) is 10.7 Å². The fraction of sp³-hybridized carbons (Fsp3) is 0.130. The van der Waals surface area contributed by atoms with Crippen molar-refractivity contribution in [2.45, 2.75) is 13.0 Å². The Morgan fingerprint density at radius 2 is 1.87 bits per heavy atom. The lowest BCUT2D eigenvalue weighted by Crippen LogP contribution is -2.46. The molecule has 1 heterocycles. The highest BCUT2D eigenvalue weighted by Crippen LogP contribution is 2.34. The highest BCUT2D eigenvalue weighted by atomic mass is 35.5. The molecule has 152 valence electrons. The third-order valence-electron chi connectivity index (χ3n) is 5.06. The van der Waals surface area contributed by atoms with Gasteiger partial charge in [-0.05, 0) is 41.5 Å². The predicted octanol–water partition coefficient (Wildman–Crippen LogP) is 4.77. The molecule has 0 aromatic heterocycles. The van der Waals surface area contributed by atoms with Crippen LogP contribution in [0, 0.1) is 0 Å². The molecule has 0 radical (unpaired) electrons. The smallest absolute Gasteiger partial charge is 0.319 e. The number of hydrogen-bond acceptors (Lipinski definition) is 3. The van der Waals surface area contributed by atoms with E-state index in [9.17, 15) is 9.59 Å². The number of carbonyl (C=O) groups is 2. The predicted molar refractivity (Wildman–Crippen MR) is 118 cm³/mol. The second kappa shape index (κ2) is 8.08. The first kappa shape index (κ1) is 19.8. The molecule has 0 aliphatic carbocycles. The molecule has 0 saturated carbocycles. The van der Waals surface area contributed by atoms with E-state index in [1.54, 1.807) is 25.1 Å². The molecule has 3 aromatic carbocycles. The second-order valence-electron chi connectivity index (χ2n) is 6.94. The zero-order chi connectivity index (χ0) is 21.3. The standard InChI is InChI=1S/C23H20ClN3O3/c1-13-20(22(28)26-18-12-15(24)10-11-19(18)30-2)21(27-23(29)25-13)17-9-5-7-14-6-3-4-8-16(14)17/h3-12,21H,1-2H3,(H,26,28)(H2,25,27,29)/t21-/m1/s1. The molecule has 0 saturated heterocycles. The van der Waals surface area contributed by atoms with Gasteiger partial charge in [-0.15, -0.1) is 0 Å². The lowest BCUT2D eigenvalue weighted by molar-refractivity contribution is -0.113. The maximum atomic E-state index is 13.3. The van der Waals surface area contributed by atoms with Crippen molar-refractivity contribution in [2.24, 2.45) is 0 Å². The van der Waals surface area contributed by atoms with Gasteiger partial charge in [-0.1, -0.05) is 54.1 Å². The first-order chi connectivity index (χ1) is 14.5. The summed E-state index contributed by atoms with van der Waals surface area (Å²) in [5.74, 6) is 0.124. The van der Waals surface area contributed by atoms with Gasteiger partial charge in [0.05, 0.1) is 24.4 Å². The van der Waals surface area contributed by atoms with Crippen molar-refractivity contribution in [2.75, 3.05) is 12.4 Å². The molecule has 6 nitrogen and oxygen atoms in total. The summed E-state index contributed by atoms with van der Waals surface area (Å²) in [4.78, 5) is 25.6. The monoisotopic (exact) mass is 421 g/mol. The first-order valence-electron chi connectivity index (χ1n) is 9.39. The number of rotatable bonds is 4. The molecular formula is C23H20ClN3O3. The molecule has 1 aliphatic heterocycles. The second-order valence-corrected chi connectivity index (χ2v) is 7.37. The van der Waals surface area contributed by atoms with Crippen LogP contribution in [0.4, 0.5) is 10.5 Å². The molecule has 7 heteroatoms. The number of allylic oxidation sites excluding steroid dienone is 1. The third-order valence-corrected chi connectivity index (χ3v) is 5.29. The molecule has 3 amide bonds. The Balaban J connectivity index is 1.78. The normalized spacial score (nSPS) is 16.1. The van der Waals surface area contributed by atoms with E-state index in [4.69, 9.17) is 16.3 Å². The van der Waals surface area contributed by atoms with Crippen LogP contribution < -0.4 is 20.7 Å². The van der Waals surface area contributed by atoms with E-state index in [0.717, 1.165) is 16.3 Å². The Hall–Kier alpha value is -3.51. The topological polar surface area (TPSA) is 79.5 Å². The van der Waals surface area contributed by atoms with Gasteiger partial charge in [-0.3, -0.25) is 4.79 Å². The van der Waals surface area contributed by atoms with Crippen LogP contribution in [-0.2, 0) is 4.79 Å². The Bertz CT molecular complexity index is 1180. The molecule has 0 spiro atoms. The van der Waals surface area contributed by atoms with Crippen LogP contribution in [0.5, 0.6) is 5.75 Å². The van der Waals surface area contributed by atoms with Crippen LogP contribution in [0.2, 0.25) is 5.02 Å². The summed E-state index contributed by atoms with van der Waals surface area (Å²) in [5.41, 5.74) is 2.18. The van der Waals surface area contributed by atoms with E-state index in [1.165, 1.54) is 7.11 Å². The van der Waals surface area contributed by atoms with E-state index in [-0.39, 0.29) is 11.9 Å². The van der Waals surface area contributed by atoms with Crippen molar-refractivity contribution >= 4 is 40.0 Å². The number of urea groups is 1.